The molecule has 0 aliphatic carbocycles. The molecule has 2 atom stereocenters. The molecule has 0 aliphatic rings. The minimum atomic E-state index is -1.30. The van der Waals surface area contributed by atoms with Gasteiger partial charge >= 0.3 is 12.0 Å². The number of aliphatic hydroxyl groups is 1. The topological polar surface area (TPSA) is 98.7 Å². The molecule has 0 bridgehead atoms. The molecule has 2 amide bonds. The fourth-order valence-corrected chi connectivity index (χ4v) is 1.01. The number of carbonyl (C=O) groups is 2. The monoisotopic (exact) mass is 228 g/mol. The van der Waals surface area contributed by atoms with Gasteiger partial charge in [-0.2, -0.15) is 0 Å². The highest BCUT2D eigenvalue weighted by atomic mass is 16.4. The van der Waals surface area contributed by atoms with Crippen molar-refractivity contribution in [3.8, 4) is 12.3 Å². The molecule has 0 saturated heterocycles. The molecule has 0 aromatic heterocycles. The number of urea groups is 1. The second-order valence-corrected chi connectivity index (χ2v) is 3.20. The maximum absolute atomic E-state index is 11.3. The molecule has 0 spiro atoms. The number of carboxylic acid groups (broad SMARTS) is 1. The summed E-state index contributed by atoms with van der Waals surface area (Å²) in [6.45, 7) is 1.19. The average molecular weight is 228 g/mol. The fourth-order valence-electron chi connectivity index (χ4n) is 1.01. The molecule has 0 radical (unpaired) electrons. The van der Waals surface area contributed by atoms with E-state index in [1.807, 2.05) is 6.92 Å². The summed E-state index contributed by atoms with van der Waals surface area (Å²) < 4.78 is 0. The molecular formula is C10H16N2O4. The van der Waals surface area contributed by atoms with E-state index < -0.39 is 24.6 Å². The lowest BCUT2D eigenvalue weighted by Crippen LogP contribution is -2.50. The Hall–Kier alpha value is -1.74. The van der Waals surface area contributed by atoms with Crippen LogP contribution in [0.15, 0.2) is 0 Å². The minimum Gasteiger partial charge on any atom is -0.480 e. The van der Waals surface area contributed by atoms with Crippen molar-refractivity contribution >= 4 is 12.0 Å². The van der Waals surface area contributed by atoms with Crippen LogP contribution in [0.1, 0.15) is 19.8 Å². The van der Waals surface area contributed by atoms with Crippen molar-refractivity contribution in [1.82, 2.24) is 10.6 Å². The Labute approximate surface area is 94.0 Å². The largest absolute Gasteiger partial charge is 0.480 e. The second-order valence-electron chi connectivity index (χ2n) is 3.20. The standard InChI is InChI=1S/C10H16N2O4/c1-3-5-7(4-2)11-10(16)12-8(6-13)9(14)15/h1,7-8,13H,4-6H2,2H3,(H,14,15)(H2,11,12,16)/t7?,8-/m0/s1. The Morgan fingerprint density at radius 3 is 2.44 bits per heavy atom. The molecule has 0 aromatic carbocycles. The number of nitrogens with one attached hydrogen (secondary N) is 2. The zero-order valence-electron chi connectivity index (χ0n) is 9.06. The van der Waals surface area contributed by atoms with Crippen molar-refractivity contribution < 1.29 is 19.8 Å². The zero-order chi connectivity index (χ0) is 12.6. The molecule has 90 valence electrons. The number of carboxylic acids is 1. The van der Waals surface area contributed by atoms with Gasteiger partial charge in [0.25, 0.3) is 0 Å². The van der Waals surface area contributed by atoms with Gasteiger partial charge < -0.3 is 20.8 Å². The molecule has 0 fully saturated rings. The molecule has 0 saturated carbocycles. The number of rotatable bonds is 6. The zero-order valence-corrected chi connectivity index (χ0v) is 9.06. The Kier molecular flexibility index (Phi) is 6.72. The third-order valence-electron chi connectivity index (χ3n) is 1.98. The van der Waals surface area contributed by atoms with Crippen molar-refractivity contribution in [2.45, 2.75) is 31.8 Å². The summed E-state index contributed by atoms with van der Waals surface area (Å²) in [5.41, 5.74) is 0. The van der Waals surface area contributed by atoms with E-state index >= 15 is 0 Å². The van der Waals surface area contributed by atoms with Crippen LogP contribution in [-0.2, 0) is 4.79 Å². The number of terminal acetylenes is 1. The van der Waals surface area contributed by atoms with Crippen LogP contribution in [0.25, 0.3) is 0 Å². The van der Waals surface area contributed by atoms with E-state index in [-0.39, 0.29) is 6.04 Å². The summed E-state index contributed by atoms with van der Waals surface area (Å²) in [5, 5.41) is 21.9. The van der Waals surface area contributed by atoms with Gasteiger partial charge in [-0.3, -0.25) is 0 Å². The van der Waals surface area contributed by atoms with Crippen LogP contribution in [0.5, 0.6) is 0 Å². The first-order valence-electron chi connectivity index (χ1n) is 4.89. The maximum atomic E-state index is 11.3. The lowest BCUT2D eigenvalue weighted by atomic mass is 10.1. The quantitative estimate of drug-likeness (QED) is 0.462. The lowest BCUT2D eigenvalue weighted by Gasteiger charge is -2.17. The van der Waals surface area contributed by atoms with E-state index in [2.05, 4.69) is 16.6 Å². The normalized spacial score (nSPS) is 13.3. The minimum absolute atomic E-state index is 0.196. The fraction of sp³-hybridized carbons (Fsp3) is 0.600. The first kappa shape index (κ1) is 14.3. The number of amides is 2. The van der Waals surface area contributed by atoms with Crippen molar-refractivity contribution in [2.24, 2.45) is 0 Å². The molecule has 4 N–H and O–H groups in total. The van der Waals surface area contributed by atoms with Crippen molar-refractivity contribution in [1.29, 1.82) is 0 Å². The van der Waals surface area contributed by atoms with Crippen LogP contribution >= 0.6 is 0 Å². The van der Waals surface area contributed by atoms with Gasteiger partial charge in [-0.05, 0) is 6.42 Å². The smallest absolute Gasteiger partial charge is 0.328 e. The molecule has 0 aliphatic heterocycles. The first-order valence-corrected chi connectivity index (χ1v) is 4.89. The lowest BCUT2D eigenvalue weighted by molar-refractivity contribution is -0.140. The van der Waals surface area contributed by atoms with Gasteiger partial charge in [-0.15, -0.1) is 12.3 Å². The van der Waals surface area contributed by atoms with Gasteiger partial charge in [0.2, 0.25) is 0 Å². The molecule has 0 heterocycles. The van der Waals surface area contributed by atoms with Gasteiger partial charge in [0.05, 0.1) is 6.61 Å². The van der Waals surface area contributed by atoms with E-state index in [9.17, 15) is 9.59 Å². The summed E-state index contributed by atoms with van der Waals surface area (Å²) in [4.78, 5) is 21.8. The van der Waals surface area contributed by atoms with Crippen LogP contribution in [-0.4, -0.2) is 40.9 Å². The number of hydrogen-bond donors (Lipinski definition) is 4. The number of hydrogen-bond acceptors (Lipinski definition) is 3. The third kappa shape index (κ3) is 5.22. The highest BCUT2D eigenvalue weighted by molar-refractivity contribution is 5.82. The van der Waals surface area contributed by atoms with Crippen molar-refractivity contribution in [3.63, 3.8) is 0 Å². The van der Waals surface area contributed by atoms with Crippen LogP contribution in [0.2, 0.25) is 0 Å². The molecule has 1 unspecified atom stereocenters. The van der Waals surface area contributed by atoms with Crippen LogP contribution in [0.4, 0.5) is 4.79 Å². The predicted octanol–water partition coefficient (Wildman–Crippen LogP) is -0.467. The summed E-state index contributed by atoms with van der Waals surface area (Å²) in [5.74, 6) is 1.12. The first-order chi connectivity index (χ1) is 7.54. The summed E-state index contributed by atoms with van der Waals surface area (Å²) >= 11 is 0. The van der Waals surface area contributed by atoms with Crippen LogP contribution in [0, 0.1) is 12.3 Å². The van der Waals surface area contributed by atoms with Crippen molar-refractivity contribution in [3.05, 3.63) is 0 Å². The third-order valence-corrected chi connectivity index (χ3v) is 1.98. The SMILES string of the molecule is C#CCC(CC)NC(=O)N[C@@H](CO)C(=O)O. The second kappa shape index (κ2) is 7.54. The van der Waals surface area contributed by atoms with E-state index in [0.717, 1.165) is 0 Å². The number of carbonyl (C=O) groups excluding carboxylic acids is 1. The van der Waals surface area contributed by atoms with Gasteiger partial charge in [-0.25, -0.2) is 9.59 Å². The summed E-state index contributed by atoms with van der Waals surface area (Å²) in [7, 11) is 0. The molecule has 6 nitrogen and oxygen atoms in total. The van der Waals surface area contributed by atoms with E-state index in [1.54, 1.807) is 0 Å². The van der Waals surface area contributed by atoms with Gasteiger partial charge in [0.15, 0.2) is 6.04 Å². The van der Waals surface area contributed by atoms with Crippen LogP contribution in [0.3, 0.4) is 0 Å². The Morgan fingerprint density at radius 2 is 2.06 bits per heavy atom. The Balaban J connectivity index is 4.15. The number of aliphatic carboxylic acids is 1. The maximum Gasteiger partial charge on any atom is 0.328 e. The van der Waals surface area contributed by atoms with E-state index in [0.29, 0.717) is 12.8 Å². The molecule has 0 rings (SSSR count). The summed E-state index contributed by atoms with van der Waals surface area (Å²) in [6, 6.07) is -2.15. The highest BCUT2D eigenvalue weighted by Gasteiger charge is 2.19. The molecule has 0 aromatic rings. The van der Waals surface area contributed by atoms with Gasteiger partial charge in [0, 0.05) is 12.5 Å². The Morgan fingerprint density at radius 1 is 1.44 bits per heavy atom. The van der Waals surface area contributed by atoms with E-state index in [4.69, 9.17) is 16.6 Å². The summed E-state index contributed by atoms with van der Waals surface area (Å²) in [6.07, 6.45) is 6.12. The Bertz CT molecular complexity index is 285. The molecule has 6 heteroatoms. The molecular weight excluding hydrogens is 212 g/mol. The van der Waals surface area contributed by atoms with Crippen molar-refractivity contribution in [2.75, 3.05) is 6.61 Å². The highest BCUT2D eigenvalue weighted by Crippen LogP contribution is 1.95. The van der Waals surface area contributed by atoms with Gasteiger partial charge in [-0.1, -0.05) is 6.92 Å². The average Bonchev–Trinajstić information content (AvgIpc) is 2.24. The van der Waals surface area contributed by atoms with Gasteiger partial charge in [0.1, 0.15) is 0 Å². The van der Waals surface area contributed by atoms with E-state index in [1.165, 1.54) is 0 Å². The van der Waals surface area contributed by atoms with Crippen LogP contribution < -0.4 is 10.6 Å². The predicted molar refractivity (Wildman–Crippen MR) is 57.7 cm³/mol. The molecule has 16 heavy (non-hydrogen) atoms. The number of aliphatic hydroxyl groups excluding tert-OH is 1.